The summed E-state index contributed by atoms with van der Waals surface area (Å²) in [6.07, 6.45) is 3.07. The minimum atomic E-state index is 0.838. The van der Waals surface area contributed by atoms with E-state index in [0.717, 1.165) is 22.4 Å². The van der Waals surface area contributed by atoms with Crippen LogP contribution in [0, 0.1) is 13.8 Å². The predicted octanol–water partition coefficient (Wildman–Crippen LogP) is 1.04. The van der Waals surface area contributed by atoms with Crippen molar-refractivity contribution in [1.82, 2.24) is 19.9 Å². The van der Waals surface area contributed by atoms with E-state index in [1.807, 2.05) is 13.8 Å². The highest BCUT2D eigenvalue weighted by molar-refractivity contribution is 5.77. The Morgan fingerprint density at radius 3 is 1.58 bits per heavy atom. The van der Waals surface area contributed by atoms with Gasteiger partial charge in [-0.15, -0.1) is 0 Å². The molecule has 0 unspecified atom stereocenters. The lowest BCUT2D eigenvalue weighted by Crippen LogP contribution is -1.94. The molecule has 0 bridgehead atoms. The topological polar surface area (TPSA) is 51.6 Å². The molecule has 2 rings (SSSR count). The van der Waals surface area contributed by atoms with Crippen LogP contribution in [0.1, 0.15) is 11.4 Å². The fraction of sp³-hybridized carbons (Fsp3) is 0.250. The van der Waals surface area contributed by atoms with E-state index in [0.29, 0.717) is 0 Å². The average molecular weight is 160 g/mol. The zero-order valence-corrected chi connectivity index (χ0v) is 6.94. The summed E-state index contributed by atoms with van der Waals surface area (Å²) in [7, 11) is 0. The minimum absolute atomic E-state index is 0.838. The Hall–Kier alpha value is -1.58. The molecule has 12 heavy (non-hydrogen) atoms. The van der Waals surface area contributed by atoms with Crippen molar-refractivity contribution in [3.63, 3.8) is 0 Å². The van der Waals surface area contributed by atoms with E-state index < -0.39 is 0 Å². The molecule has 0 spiro atoms. The number of fused-ring (bicyclic) bond motifs is 1. The van der Waals surface area contributed by atoms with Crippen molar-refractivity contribution in [1.29, 1.82) is 0 Å². The van der Waals surface area contributed by atoms with Crippen LogP contribution in [-0.2, 0) is 0 Å². The van der Waals surface area contributed by atoms with Crippen molar-refractivity contribution in [2.45, 2.75) is 13.8 Å². The molecule has 0 aliphatic carbocycles. The van der Waals surface area contributed by atoms with Gasteiger partial charge in [-0.25, -0.2) is 19.9 Å². The second-order valence-electron chi connectivity index (χ2n) is 2.62. The van der Waals surface area contributed by atoms with E-state index >= 15 is 0 Å². The molecule has 2 heterocycles. The first-order valence-corrected chi connectivity index (χ1v) is 3.68. The maximum Gasteiger partial charge on any atom is 0.116 e. The Morgan fingerprint density at radius 2 is 1.17 bits per heavy atom. The molecule has 0 fully saturated rings. The van der Waals surface area contributed by atoms with Crippen molar-refractivity contribution < 1.29 is 0 Å². The van der Waals surface area contributed by atoms with Crippen molar-refractivity contribution in [3.8, 4) is 0 Å². The Balaban J connectivity index is 2.94. The Bertz CT molecular complexity index is 383. The zero-order valence-electron chi connectivity index (χ0n) is 6.94. The fourth-order valence-electron chi connectivity index (χ4n) is 1.12. The second kappa shape index (κ2) is 2.48. The van der Waals surface area contributed by atoms with Crippen molar-refractivity contribution in [2.24, 2.45) is 0 Å². The highest BCUT2D eigenvalue weighted by atomic mass is 14.9. The van der Waals surface area contributed by atoms with Crippen molar-refractivity contribution >= 4 is 11.0 Å². The summed E-state index contributed by atoms with van der Waals surface area (Å²) < 4.78 is 0. The maximum atomic E-state index is 4.11. The molecule has 0 N–H and O–H groups in total. The SMILES string of the molecule is Cc1ncnc2c(C)ncnc12. The number of hydrogen-bond donors (Lipinski definition) is 0. The third kappa shape index (κ3) is 0.922. The molecular formula is C8H8N4. The summed E-state index contributed by atoms with van der Waals surface area (Å²) in [6, 6.07) is 0. The molecule has 0 radical (unpaired) electrons. The van der Waals surface area contributed by atoms with Gasteiger partial charge >= 0.3 is 0 Å². The maximum absolute atomic E-state index is 4.11. The molecule has 0 aromatic carbocycles. The van der Waals surface area contributed by atoms with Crippen LogP contribution in [0.15, 0.2) is 12.7 Å². The molecule has 4 heteroatoms. The van der Waals surface area contributed by atoms with Gasteiger partial charge in [0, 0.05) is 0 Å². The number of nitrogens with zero attached hydrogens (tertiary/aromatic N) is 4. The van der Waals surface area contributed by atoms with E-state index in [1.165, 1.54) is 12.7 Å². The zero-order chi connectivity index (χ0) is 8.55. The first-order valence-electron chi connectivity index (χ1n) is 3.68. The summed E-state index contributed by atoms with van der Waals surface area (Å²) in [5.74, 6) is 0. The molecule has 0 amide bonds. The summed E-state index contributed by atoms with van der Waals surface area (Å²) in [5, 5.41) is 0. The van der Waals surface area contributed by atoms with E-state index in [2.05, 4.69) is 19.9 Å². The minimum Gasteiger partial charge on any atom is -0.239 e. The van der Waals surface area contributed by atoms with Gasteiger partial charge < -0.3 is 0 Å². The predicted molar refractivity (Wildman–Crippen MR) is 44.6 cm³/mol. The van der Waals surface area contributed by atoms with Crippen LogP contribution in [0.4, 0.5) is 0 Å². The van der Waals surface area contributed by atoms with Crippen LogP contribution in [0.3, 0.4) is 0 Å². The molecule has 0 saturated heterocycles. The van der Waals surface area contributed by atoms with Crippen LogP contribution >= 0.6 is 0 Å². The number of aryl methyl sites for hydroxylation is 2. The second-order valence-corrected chi connectivity index (χ2v) is 2.62. The standard InChI is InChI=1S/C8H8N4/c1-5-7-8(12-3-9-5)6(2)10-4-11-7/h3-4H,1-2H3. The van der Waals surface area contributed by atoms with Crippen LogP contribution in [0.2, 0.25) is 0 Å². The van der Waals surface area contributed by atoms with E-state index in [4.69, 9.17) is 0 Å². The quantitative estimate of drug-likeness (QED) is 0.577. The van der Waals surface area contributed by atoms with Gasteiger partial charge in [0.1, 0.15) is 23.7 Å². The van der Waals surface area contributed by atoms with Crippen molar-refractivity contribution in [2.75, 3.05) is 0 Å². The van der Waals surface area contributed by atoms with Gasteiger partial charge in [0.05, 0.1) is 11.4 Å². The first kappa shape index (κ1) is 7.09. The summed E-state index contributed by atoms with van der Waals surface area (Å²) in [4.78, 5) is 16.3. The van der Waals surface area contributed by atoms with Crippen LogP contribution < -0.4 is 0 Å². The molecule has 0 atom stereocenters. The highest BCUT2D eigenvalue weighted by Crippen LogP contribution is 2.11. The van der Waals surface area contributed by atoms with Crippen LogP contribution in [0.5, 0.6) is 0 Å². The Kier molecular flexibility index (Phi) is 1.46. The van der Waals surface area contributed by atoms with Gasteiger partial charge in [-0.05, 0) is 13.8 Å². The van der Waals surface area contributed by atoms with Crippen LogP contribution in [0.25, 0.3) is 11.0 Å². The summed E-state index contributed by atoms with van der Waals surface area (Å²) >= 11 is 0. The van der Waals surface area contributed by atoms with Crippen molar-refractivity contribution in [3.05, 3.63) is 24.0 Å². The smallest absolute Gasteiger partial charge is 0.116 e. The van der Waals surface area contributed by atoms with Gasteiger partial charge in [0.25, 0.3) is 0 Å². The third-order valence-corrected chi connectivity index (χ3v) is 1.79. The van der Waals surface area contributed by atoms with Crippen LogP contribution in [-0.4, -0.2) is 19.9 Å². The average Bonchev–Trinajstić information content (AvgIpc) is 2.07. The monoisotopic (exact) mass is 160 g/mol. The lowest BCUT2D eigenvalue weighted by Gasteiger charge is -1.99. The van der Waals surface area contributed by atoms with Gasteiger partial charge in [0.2, 0.25) is 0 Å². The molecule has 0 saturated carbocycles. The van der Waals surface area contributed by atoms with E-state index in [9.17, 15) is 0 Å². The molecule has 2 aromatic heterocycles. The fourth-order valence-corrected chi connectivity index (χ4v) is 1.12. The molecule has 4 nitrogen and oxygen atoms in total. The Labute approximate surface area is 69.7 Å². The lowest BCUT2D eigenvalue weighted by molar-refractivity contribution is 1.07. The summed E-state index contributed by atoms with van der Waals surface area (Å²) in [6.45, 7) is 3.83. The number of rotatable bonds is 0. The van der Waals surface area contributed by atoms with Gasteiger partial charge in [-0.3, -0.25) is 0 Å². The van der Waals surface area contributed by atoms with Gasteiger partial charge in [-0.2, -0.15) is 0 Å². The molecule has 2 aromatic rings. The molecule has 60 valence electrons. The number of aromatic nitrogens is 4. The number of hydrogen-bond acceptors (Lipinski definition) is 4. The normalized spacial score (nSPS) is 10.5. The highest BCUT2D eigenvalue weighted by Gasteiger charge is 2.02. The molecular weight excluding hydrogens is 152 g/mol. The largest absolute Gasteiger partial charge is 0.239 e. The van der Waals surface area contributed by atoms with Gasteiger partial charge in [-0.1, -0.05) is 0 Å². The molecule has 0 aliphatic rings. The molecule has 0 aliphatic heterocycles. The van der Waals surface area contributed by atoms with E-state index in [1.54, 1.807) is 0 Å². The lowest BCUT2D eigenvalue weighted by atomic mass is 10.3. The van der Waals surface area contributed by atoms with Gasteiger partial charge in [0.15, 0.2) is 0 Å². The van der Waals surface area contributed by atoms with E-state index in [-0.39, 0.29) is 0 Å². The summed E-state index contributed by atoms with van der Waals surface area (Å²) in [5.41, 5.74) is 3.46. The Morgan fingerprint density at radius 1 is 0.750 bits per heavy atom. The third-order valence-electron chi connectivity index (χ3n) is 1.79. The first-order chi connectivity index (χ1) is 5.79.